The van der Waals surface area contributed by atoms with Gasteiger partial charge in [-0.1, -0.05) is 6.07 Å². The van der Waals surface area contributed by atoms with E-state index in [1.165, 1.54) is 6.07 Å². The van der Waals surface area contributed by atoms with Crippen molar-refractivity contribution in [2.24, 2.45) is 0 Å². The van der Waals surface area contributed by atoms with Crippen molar-refractivity contribution in [2.75, 3.05) is 19.7 Å². The van der Waals surface area contributed by atoms with Crippen LogP contribution in [-0.4, -0.2) is 30.6 Å². The number of carbonyl (C=O) groups excluding carboxylic acids is 1. The van der Waals surface area contributed by atoms with Gasteiger partial charge in [0, 0.05) is 0 Å². The molecule has 1 heterocycles. The number of likely N-dealkylation sites (tertiary alicyclic amines) is 1. The van der Waals surface area contributed by atoms with Crippen LogP contribution in [0.3, 0.4) is 0 Å². The summed E-state index contributed by atoms with van der Waals surface area (Å²) in [6.45, 7) is 5.64. The Bertz CT molecular complexity index is 515. The van der Waals surface area contributed by atoms with Crippen LogP contribution in [0.15, 0.2) is 18.2 Å². The number of hydrogen-bond acceptors (Lipinski definition) is 3. The fourth-order valence-corrected chi connectivity index (χ4v) is 2.93. The lowest BCUT2D eigenvalue weighted by atomic mass is 9.86. The molecule has 1 aromatic carbocycles. The molecule has 0 bridgehead atoms. The predicted molar refractivity (Wildman–Crippen MR) is 75.8 cm³/mol. The average Bonchev–Trinajstić information content (AvgIpc) is 2.96. The highest BCUT2D eigenvalue weighted by Crippen LogP contribution is 2.35. The molecule has 5 heteroatoms. The van der Waals surface area contributed by atoms with E-state index in [0.29, 0.717) is 12.2 Å². The predicted octanol–water partition coefficient (Wildman–Crippen LogP) is 3.23. The van der Waals surface area contributed by atoms with Crippen LogP contribution in [-0.2, 0) is 15.1 Å². The molecule has 1 atom stereocenters. The highest BCUT2D eigenvalue weighted by atomic mass is 19.2. The molecule has 1 fully saturated rings. The van der Waals surface area contributed by atoms with E-state index >= 15 is 0 Å². The molecule has 1 aliphatic rings. The standard InChI is InChI=1S/C16H21F2NO2/c1-3-21-15(20)11-16(2,19-8-4-5-9-19)12-6-7-13(17)14(18)10-12/h6-7,10H,3-5,8-9,11H2,1-2H3. The number of benzene rings is 1. The first kappa shape index (κ1) is 15.9. The second-order valence-electron chi connectivity index (χ2n) is 5.58. The number of halogens is 2. The van der Waals surface area contributed by atoms with Gasteiger partial charge < -0.3 is 4.74 Å². The summed E-state index contributed by atoms with van der Waals surface area (Å²) < 4.78 is 31.8. The zero-order chi connectivity index (χ0) is 15.5. The maximum atomic E-state index is 13.6. The lowest BCUT2D eigenvalue weighted by Gasteiger charge is -2.38. The molecule has 0 saturated carbocycles. The minimum Gasteiger partial charge on any atom is -0.466 e. The molecule has 0 radical (unpaired) electrons. The summed E-state index contributed by atoms with van der Waals surface area (Å²) >= 11 is 0. The zero-order valence-electron chi connectivity index (χ0n) is 12.5. The third-order valence-corrected chi connectivity index (χ3v) is 4.14. The summed E-state index contributed by atoms with van der Waals surface area (Å²) in [6.07, 6.45) is 2.22. The molecule has 1 saturated heterocycles. The topological polar surface area (TPSA) is 29.5 Å². The van der Waals surface area contributed by atoms with Crippen LogP contribution in [0.5, 0.6) is 0 Å². The highest BCUT2D eigenvalue weighted by molar-refractivity contribution is 5.71. The smallest absolute Gasteiger partial charge is 0.307 e. The molecule has 2 rings (SSSR count). The normalized spacial score (nSPS) is 18.5. The van der Waals surface area contributed by atoms with Crippen LogP contribution in [0.1, 0.15) is 38.7 Å². The van der Waals surface area contributed by atoms with Gasteiger partial charge in [-0.2, -0.15) is 0 Å². The fraction of sp³-hybridized carbons (Fsp3) is 0.562. The third kappa shape index (κ3) is 3.40. The zero-order valence-corrected chi connectivity index (χ0v) is 12.5. The molecule has 0 amide bonds. The molecule has 116 valence electrons. The first-order chi connectivity index (χ1) is 9.97. The maximum absolute atomic E-state index is 13.6. The Hall–Kier alpha value is -1.49. The van der Waals surface area contributed by atoms with E-state index in [4.69, 9.17) is 4.74 Å². The van der Waals surface area contributed by atoms with Gasteiger partial charge in [0.05, 0.1) is 18.6 Å². The Morgan fingerprint density at radius 2 is 1.95 bits per heavy atom. The summed E-state index contributed by atoms with van der Waals surface area (Å²) in [7, 11) is 0. The highest BCUT2D eigenvalue weighted by Gasteiger charge is 2.38. The van der Waals surface area contributed by atoms with Gasteiger partial charge in [-0.3, -0.25) is 9.69 Å². The molecule has 0 N–H and O–H groups in total. The first-order valence-corrected chi connectivity index (χ1v) is 7.33. The van der Waals surface area contributed by atoms with Gasteiger partial charge in [0.15, 0.2) is 11.6 Å². The molecule has 21 heavy (non-hydrogen) atoms. The summed E-state index contributed by atoms with van der Waals surface area (Å²) in [6, 6.07) is 3.85. The first-order valence-electron chi connectivity index (χ1n) is 7.33. The van der Waals surface area contributed by atoms with Crippen molar-refractivity contribution in [3.63, 3.8) is 0 Å². The van der Waals surface area contributed by atoms with Crippen LogP contribution < -0.4 is 0 Å². The second kappa shape index (κ2) is 6.52. The van der Waals surface area contributed by atoms with Crippen LogP contribution >= 0.6 is 0 Å². The summed E-state index contributed by atoms with van der Waals surface area (Å²) in [4.78, 5) is 14.1. The summed E-state index contributed by atoms with van der Waals surface area (Å²) in [5, 5.41) is 0. The minimum absolute atomic E-state index is 0.131. The van der Waals surface area contributed by atoms with Gasteiger partial charge in [-0.05, 0) is 57.5 Å². The molecule has 1 unspecified atom stereocenters. The largest absolute Gasteiger partial charge is 0.466 e. The van der Waals surface area contributed by atoms with Crippen LogP contribution in [0, 0.1) is 11.6 Å². The van der Waals surface area contributed by atoms with E-state index in [1.54, 1.807) is 13.0 Å². The minimum atomic E-state index is -0.887. The Balaban J connectivity index is 2.34. The lowest BCUT2D eigenvalue weighted by molar-refractivity contribution is -0.146. The third-order valence-electron chi connectivity index (χ3n) is 4.14. The van der Waals surface area contributed by atoms with Crippen molar-refractivity contribution in [1.82, 2.24) is 4.90 Å². The summed E-state index contributed by atoms with van der Waals surface area (Å²) in [5.74, 6) is -2.09. The maximum Gasteiger partial charge on any atom is 0.307 e. The van der Waals surface area contributed by atoms with Crippen molar-refractivity contribution in [1.29, 1.82) is 0 Å². The van der Waals surface area contributed by atoms with Crippen LogP contribution in [0.2, 0.25) is 0 Å². The molecule has 0 aromatic heterocycles. The number of nitrogens with zero attached hydrogens (tertiary/aromatic N) is 1. The van der Waals surface area contributed by atoms with Crippen molar-refractivity contribution in [2.45, 2.75) is 38.6 Å². The monoisotopic (exact) mass is 297 g/mol. The SMILES string of the molecule is CCOC(=O)CC(C)(c1ccc(F)c(F)c1)N1CCCC1. The van der Waals surface area contributed by atoms with E-state index in [0.717, 1.165) is 32.0 Å². The quantitative estimate of drug-likeness (QED) is 0.782. The number of carbonyl (C=O) groups is 1. The van der Waals surface area contributed by atoms with Gasteiger partial charge in [0.25, 0.3) is 0 Å². The van der Waals surface area contributed by atoms with Crippen LogP contribution in [0.25, 0.3) is 0 Å². The molecule has 1 aromatic rings. The van der Waals surface area contributed by atoms with Gasteiger partial charge in [0.1, 0.15) is 0 Å². The second-order valence-corrected chi connectivity index (χ2v) is 5.58. The van der Waals surface area contributed by atoms with Crippen molar-refractivity contribution in [3.8, 4) is 0 Å². The Morgan fingerprint density at radius 3 is 2.52 bits per heavy atom. The van der Waals surface area contributed by atoms with Gasteiger partial charge in [0.2, 0.25) is 0 Å². The molecular weight excluding hydrogens is 276 g/mol. The van der Waals surface area contributed by atoms with Crippen molar-refractivity contribution >= 4 is 5.97 Å². The van der Waals surface area contributed by atoms with E-state index in [9.17, 15) is 13.6 Å². The Morgan fingerprint density at radius 1 is 1.29 bits per heavy atom. The van der Waals surface area contributed by atoms with E-state index < -0.39 is 17.2 Å². The Kier molecular flexibility index (Phi) is 4.93. The molecule has 0 spiro atoms. The van der Waals surface area contributed by atoms with E-state index in [1.807, 2.05) is 6.92 Å². The van der Waals surface area contributed by atoms with Gasteiger partial charge in [-0.15, -0.1) is 0 Å². The number of ether oxygens (including phenoxy) is 1. The molecule has 0 aliphatic carbocycles. The molecule has 3 nitrogen and oxygen atoms in total. The average molecular weight is 297 g/mol. The van der Waals surface area contributed by atoms with Crippen LogP contribution in [0.4, 0.5) is 8.78 Å². The lowest BCUT2D eigenvalue weighted by Crippen LogP contribution is -2.44. The number of esters is 1. The van der Waals surface area contributed by atoms with E-state index in [2.05, 4.69) is 4.90 Å². The number of hydrogen-bond donors (Lipinski definition) is 0. The van der Waals surface area contributed by atoms with Gasteiger partial charge >= 0.3 is 5.97 Å². The fourth-order valence-electron chi connectivity index (χ4n) is 2.93. The van der Waals surface area contributed by atoms with Crippen molar-refractivity contribution in [3.05, 3.63) is 35.4 Å². The van der Waals surface area contributed by atoms with Crippen molar-refractivity contribution < 1.29 is 18.3 Å². The Labute approximate surface area is 123 Å². The molecular formula is C16H21F2NO2. The number of rotatable bonds is 5. The summed E-state index contributed by atoms with van der Waals surface area (Å²) in [5.41, 5.74) is -0.0616. The van der Waals surface area contributed by atoms with Gasteiger partial charge in [-0.25, -0.2) is 8.78 Å². The molecule has 1 aliphatic heterocycles. The van der Waals surface area contributed by atoms with E-state index in [-0.39, 0.29) is 12.4 Å².